The molecule has 0 spiro atoms. The zero-order chi connectivity index (χ0) is 9.94. The fraction of sp³-hybridized carbons (Fsp3) is 0.583. The minimum atomic E-state index is 1.12. The molecule has 0 aliphatic heterocycles. The molecular formula is C12H21N. The molecule has 0 aromatic heterocycles. The van der Waals surface area contributed by atoms with Gasteiger partial charge >= 0.3 is 0 Å². The molecule has 0 N–H and O–H groups in total. The minimum Gasteiger partial charge on any atom is -0.265 e. The molecule has 0 saturated carbocycles. The Morgan fingerprint density at radius 1 is 1.23 bits per heavy atom. The van der Waals surface area contributed by atoms with Crippen LogP contribution < -0.4 is 0 Å². The van der Waals surface area contributed by atoms with E-state index in [1.807, 2.05) is 12.4 Å². The third-order valence-corrected chi connectivity index (χ3v) is 1.74. The Kier molecular flexibility index (Phi) is 8.64. The maximum Gasteiger partial charge on any atom is 0.0267 e. The van der Waals surface area contributed by atoms with Gasteiger partial charge in [-0.1, -0.05) is 38.3 Å². The molecule has 0 aromatic rings. The molecule has 1 nitrogen and oxygen atoms in total. The first-order valence-electron chi connectivity index (χ1n) is 5.15. The summed E-state index contributed by atoms with van der Waals surface area (Å²) in [4.78, 5) is 4.15. The zero-order valence-corrected chi connectivity index (χ0v) is 9.09. The normalized spacial score (nSPS) is 13.3. The van der Waals surface area contributed by atoms with E-state index in [2.05, 4.69) is 37.9 Å². The highest BCUT2D eigenvalue weighted by atomic mass is 14.6. The lowest BCUT2D eigenvalue weighted by Crippen LogP contribution is -1.75. The number of aliphatic imine (C=N–C) groups is 1. The van der Waals surface area contributed by atoms with E-state index < -0.39 is 0 Å². The first kappa shape index (κ1) is 12.2. The molecule has 74 valence electrons. The average molecular weight is 179 g/mol. The third kappa shape index (κ3) is 9.06. The zero-order valence-electron chi connectivity index (χ0n) is 9.09. The summed E-state index contributed by atoms with van der Waals surface area (Å²) < 4.78 is 0. The molecule has 0 fully saturated rings. The largest absolute Gasteiger partial charge is 0.265 e. The Morgan fingerprint density at radius 3 is 2.62 bits per heavy atom. The first-order chi connectivity index (χ1) is 6.31. The Labute approximate surface area is 82.3 Å². The highest BCUT2D eigenvalue weighted by molar-refractivity contribution is 5.72. The summed E-state index contributed by atoms with van der Waals surface area (Å²) in [7, 11) is 0. The van der Waals surface area contributed by atoms with Crippen LogP contribution in [-0.4, -0.2) is 6.21 Å². The Morgan fingerprint density at radius 2 is 2.00 bits per heavy atom. The van der Waals surface area contributed by atoms with Gasteiger partial charge in [-0.3, -0.25) is 4.99 Å². The SMILES string of the molecule is CCC/C=C/N=C\C=C(/C)CCC. The van der Waals surface area contributed by atoms with Crippen LogP contribution in [0.1, 0.15) is 46.5 Å². The van der Waals surface area contributed by atoms with Gasteiger partial charge in [-0.15, -0.1) is 0 Å². The number of nitrogens with zero attached hydrogens (tertiary/aromatic N) is 1. The van der Waals surface area contributed by atoms with Crippen molar-refractivity contribution in [1.29, 1.82) is 0 Å². The Hall–Kier alpha value is -0.850. The van der Waals surface area contributed by atoms with Crippen molar-refractivity contribution in [3.63, 3.8) is 0 Å². The van der Waals surface area contributed by atoms with Crippen molar-refractivity contribution in [1.82, 2.24) is 0 Å². The first-order valence-corrected chi connectivity index (χ1v) is 5.15. The lowest BCUT2D eigenvalue weighted by atomic mass is 10.2. The second kappa shape index (κ2) is 9.24. The van der Waals surface area contributed by atoms with Gasteiger partial charge < -0.3 is 0 Å². The van der Waals surface area contributed by atoms with Crippen LogP contribution in [0, 0.1) is 0 Å². The smallest absolute Gasteiger partial charge is 0.0267 e. The summed E-state index contributed by atoms with van der Waals surface area (Å²) in [6.07, 6.45) is 12.6. The molecule has 0 rings (SSSR count). The molecule has 0 aliphatic rings. The van der Waals surface area contributed by atoms with Gasteiger partial charge in [0, 0.05) is 12.4 Å². The van der Waals surface area contributed by atoms with Crippen molar-refractivity contribution >= 4 is 6.21 Å². The summed E-state index contributed by atoms with van der Waals surface area (Å²) in [5, 5.41) is 0. The number of hydrogen-bond acceptors (Lipinski definition) is 1. The summed E-state index contributed by atoms with van der Waals surface area (Å²) >= 11 is 0. The van der Waals surface area contributed by atoms with E-state index in [-0.39, 0.29) is 0 Å². The van der Waals surface area contributed by atoms with Crippen LogP contribution in [0.4, 0.5) is 0 Å². The second-order valence-electron chi connectivity index (χ2n) is 3.23. The summed E-state index contributed by atoms with van der Waals surface area (Å²) in [5.74, 6) is 0. The van der Waals surface area contributed by atoms with Crippen molar-refractivity contribution in [2.75, 3.05) is 0 Å². The van der Waals surface area contributed by atoms with E-state index in [4.69, 9.17) is 0 Å². The van der Waals surface area contributed by atoms with E-state index in [9.17, 15) is 0 Å². The van der Waals surface area contributed by atoms with Crippen LogP contribution in [0.15, 0.2) is 28.9 Å². The van der Waals surface area contributed by atoms with Crippen molar-refractivity contribution in [2.24, 2.45) is 4.99 Å². The average Bonchev–Trinajstić information content (AvgIpc) is 2.11. The van der Waals surface area contributed by atoms with Gasteiger partial charge in [-0.2, -0.15) is 0 Å². The Balaban J connectivity index is 3.66. The van der Waals surface area contributed by atoms with Crippen molar-refractivity contribution in [3.05, 3.63) is 23.9 Å². The highest BCUT2D eigenvalue weighted by Gasteiger charge is 1.82. The number of allylic oxidation sites excluding steroid dienone is 3. The van der Waals surface area contributed by atoms with Gasteiger partial charge in [0.15, 0.2) is 0 Å². The predicted octanol–water partition coefficient (Wildman–Crippen LogP) is 4.12. The van der Waals surface area contributed by atoms with E-state index in [1.165, 1.54) is 24.8 Å². The molecule has 0 radical (unpaired) electrons. The predicted molar refractivity (Wildman–Crippen MR) is 61.2 cm³/mol. The molecule has 1 heteroatoms. The van der Waals surface area contributed by atoms with Gasteiger partial charge in [0.2, 0.25) is 0 Å². The van der Waals surface area contributed by atoms with Crippen LogP contribution in [0.2, 0.25) is 0 Å². The molecular weight excluding hydrogens is 158 g/mol. The van der Waals surface area contributed by atoms with E-state index >= 15 is 0 Å². The van der Waals surface area contributed by atoms with Crippen molar-refractivity contribution in [3.8, 4) is 0 Å². The molecule has 13 heavy (non-hydrogen) atoms. The Bertz CT molecular complexity index is 187. The quantitative estimate of drug-likeness (QED) is 0.544. The summed E-state index contributed by atoms with van der Waals surface area (Å²) in [6, 6.07) is 0. The van der Waals surface area contributed by atoms with Gasteiger partial charge in [0.1, 0.15) is 0 Å². The van der Waals surface area contributed by atoms with Gasteiger partial charge in [0.25, 0.3) is 0 Å². The van der Waals surface area contributed by atoms with Gasteiger partial charge in [-0.05, 0) is 25.8 Å². The van der Waals surface area contributed by atoms with Crippen LogP contribution in [0.25, 0.3) is 0 Å². The topological polar surface area (TPSA) is 12.4 Å². The molecule has 0 heterocycles. The van der Waals surface area contributed by atoms with Crippen LogP contribution >= 0.6 is 0 Å². The summed E-state index contributed by atoms with van der Waals surface area (Å²) in [6.45, 7) is 6.50. The molecule has 0 bridgehead atoms. The molecule has 0 aliphatic carbocycles. The number of unbranched alkanes of at least 4 members (excludes halogenated alkanes) is 1. The third-order valence-electron chi connectivity index (χ3n) is 1.74. The van der Waals surface area contributed by atoms with Gasteiger partial charge in [-0.25, -0.2) is 0 Å². The van der Waals surface area contributed by atoms with E-state index in [0.29, 0.717) is 0 Å². The maximum absolute atomic E-state index is 4.15. The van der Waals surface area contributed by atoms with Crippen molar-refractivity contribution in [2.45, 2.75) is 46.5 Å². The van der Waals surface area contributed by atoms with Gasteiger partial charge in [0.05, 0.1) is 0 Å². The second-order valence-corrected chi connectivity index (χ2v) is 3.23. The molecule has 0 aromatic carbocycles. The van der Waals surface area contributed by atoms with Crippen LogP contribution in [-0.2, 0) is 0 Å². The molecule has 0 atom stereocenters. The van der Waals surface area contributed by atoms with E-state index in [0.717, 1.165) is 6.42 Å². The number of rotatable bonds is 6. The standard InChI is InChI=1S/C12H21N/c1-4-6-7-10-13-11-9-12(3)8-5-2/h7,9-11H,4-6,8H2,1-3H3/b10-7+,12-9+,13-11-. The fourth-order valence-electron chi connectivity index (χ4n) is 1.000. The molecule has 0 amide bonds. The lowest BCUT2D eigenvalue weighted by molar-refractivity contribution is 0.907. The fourth-order valence-corrected chi connectivity index (χ4v) is 1.000. The van der Waals surface area contributed by atoms with Crippen LogP contribution in [0.3, 0.4) is 0 Å². The minimum absolute atomic E-state index is 1.12. The van der Waals surface area contributed by atoms with E-state index in [1.54, 1.807) is 0 Å². The highest BCUT2D eigenvalue weighted by Crippen LogP contribution is 2.00. The number of hydrogen-bond donors (Lipinski definition) is 0. The maximum atomic E-state index is 4.15. The molecule has 0 saturated heterocycles. The molecule has 0 unspecified atom stereocenters. The summed E-state index contributed by atoms with van der Waals surface area (Å²) in [5.41, 5.74) is 1.40. The van der Waals surface area contributed by atoms with Crippen LogP contribution in [0.5, 0.6) is 0 Å². The monoisotopic (exact) mass is 179 g/mol. The lowest BCUT2D eigenvalue weighted by Gasteiger charge is -1.92. The van der Waals surface area contributed by atoms with Crippen molar-refractivity contribution < 1.29 is 0 Å².